The minimum absolute atomic E-state index is 0.807. The summed E-state index contributed by atoms with van der Waals surface area (Å²) < 4.78 is 0. The SMILES string of the molecule is CCCC(CC)N1CC2CNCC2C1C. The van der Waals surface area contributed by atoms with Crippen LogP contribution in [0.25, 0.3) is 0 Å². The molecule has 2 saturated heterocycles. The largest absolute Gasteiger partial charge is 0.316 e. The van der Waals surface area contributed by atoms with Gasteiger partial charge in [-0.2, -0.15) is 0 Å². The Kier molecular flexibility index (Phi) is 3.68. The molecule has 0 spiro atoms. The van der Waals surface area contributed by atoms with Crippen molar-refractivity contribution in [3.05, 3.63) is 0 Å². The van der Waals surface area contributed by atoms with E-state index in [1.807, 2.05) is 0 Å². The highest BCUT2D eigenvalue weighted by atomic mass is 15.2. The molecule has 4 unspecified atom stereocenters. The molecule has 88 valence electrons. The lowest BCUT2D eigenvalue weighted by molar-refractivity contribution is 0.156. The Bertz CT molecular complexity index is 203. The van der Waals surface area contributed by atoms with Gasteiger partial charge in [0.25, 0.3) is 0 Å². The van der Waals surface area contributed by atoms with Crippen LogP contribution in [0.15, 0.2) is 0 Å². The summed E-state index contributed by atoms with van der Waals surface area (Å²) in [7, 11) is 0. The highest BCUT2D eigenvalue weighted by Crippen LogP contribution is 2.34. The van der Waals surface area contributed by atoms with Crippen molar-refractivity contribution in [3.8, 4) is 0 Å². The minimum atomic E-state index is 0.807. The highest BCUT2D eigenvalue weighted by molar-refractivity contribution is 4.98. The smallest absolute Gasteiger partial charge is 0.0114 e. The van der Waals surface area contributed by atoms with E-state index in [-0.39, 0.29) is 0 Å². The summed E-state index contributed by atoms with van der Waals surface area (Å²) in [5.41, 5.74) is 0. The third-order valence-electron chi connectivity index (χ3n) is 4.54. The molecule has 0 aromatic carbocycles. The van der Waals surface area contributed by atoms with Gasteiger partial charge >= 0.3 is 0 Å². The molecule has 2 heterocycles. The van der Waals surface area contributed by atoms with Gasteiger partial charge in [-0.25, -0.2) is 0 Å². The fourth-order valence-electron chi connectivity index (χ4n) is 3.62. The molecule has 0 saturated carbocycles. The first kappa shape index (κ1) is 11.4. The summed E-state index contributed by atoms with van der Waals surface area (Å²) in [5, 5.41) is 3.54. The van der Waals surface area contributed by atoms with Crippen LogP contribution in [0.1, 0.15) is 40.0 Å². The van der Waals surface area contributed by atoms with Gasteiger partial charge in [-0.15, -0.1) is 0 Å². The maximum Gasteiger partial charge on any atom is 0.0114 e. The van der Waals surface area contributed by atoms with Gasteiger partial charge in [0.05, 0.1) is 0 Å². The van der Waals surface area contributed by atoms with Gasteiger partial charge in [0, 0.05) is 18.6 Å². The molecule has 1 N–H and O–H groups in total. The number of likely N-dealkylation sites (tertiary alicyclic amines) is 1. The van der Waals surface area contributed by atoms with E-state index >= 15 is 0 Å². The van der Waals surface area contributed by atoms with Crippen molar-refractivity contribution in [2.45, 2.75) is 52.1 Å². The zero-order valence-electron chi connectivity index (χ0n) is 10.5. The lowest BCUT2D eigenvalue weighted by Crippen LogP contribution is -2.40. The van der Waals surface area contributed by atoms with Gasteiger partial charge in [0.2, 0.25) is 0 Å². The van der Waals surface area contributed by atoms with Crippen LogP contribution >= 0.6 is 0 Å². The van der Waals surface area contributed by atoms with E-state index in [2.05, 4.69) is 31.0 Å². The van der Waals surface area contributed by atoms with Crippen LogP contribution in [-0.4, -0.2) is 36.6 Å². The van der Waals surface area contributed by atoms with E-state index < -0.39 is 0 Å². The van der Waals surface area contributed by atoms with Gasteiger partial charge in [0.1, 0.15) is 0 Å². The van der Waals surface area contributed by atoms with E-state index in [9.17, 15) is 0 Å². The van der Waals surface area contributed by atoms with Crippen LogP contribution in [0, 0.1) is 11.8 Å². The first-order valence-corrected chi connectivity index (χ1v) is 6.74. The Balaban J connectivity index is 1.98. The summed E-state index contributed by atoms with van der Waals surface area (Å²) in [6.07, 6.45) is 4.04. The molecular weight excluding hydrogens is 184 g/mol. The normalized spacial score (nSPS) is 38.2. The molecule has 4 atom stereocenters. The molecule has 15 heavy (non-hydrogen) atoms. The first-order valence-electron chi connectivity index (χ1n) is 6.74. The van der Waals surface area contributed by atoms with Crippen molar-refractivity contribution in [3.63, 3.8) is 0 Å². The number of hydrogen-bond donors (Lipinski definition) is 1. The molecule has 0 aromatic rings. The van der Waals surface area contributed by atoms with Crippen molar-refractivity contribution >= 4 is 0 Å². The van der Waals surface area contributed by atoms with E-state index in [0.717, 1.165) is 23.9 Å². The van der Waals surface area contributed by atoms with Crippen molar-refractivity contribution in [2.75, 3.05) is 19.6 Å². The lowest BCUT2D eigenvalue weighted by atomic mass is 9.95. The quantitative estimate of drug-likeness (QED) is 0.764. The van der Waals surface area contributed by atoms with Gasteiger partial charge in [0.15, 0.2) is 0 Å². The summed E-state index contributed by atoms with van der Waals surface area (Å²) >= 11 is 0. The Hall–Kier alpha value is -0.0800. The molecule has 0 aliphatic carbocycles. The summed E-state index contributed by atoms with van der Waals surface area (Å²) in [4.78, 5) is 2.79. The topological polar surface area (TPSA) is 15.3 Å². The zero-order chi connectivity index (χ0) is 10.8. The Labute approximate surface area is 94.4 Å². The van der Waals surface area contributed by atoms with Crippen molar-refractivity contribution in [2.24, 2.45) is 11.8 Å². The number of nitrogens with zero attached hydrogens (tertiary/aromatic N) is 1. The molecule has 0 amide bonds. The van der Waals surface area contributed by atoms with Gasteiger partial charge < -0.3 is 5.32 Å². The summed E-state index contributed by atoms with van der Waals surface area (Å²) in [5.74, 6) is 1.86. The second-order valence-electron chi connectivity index (χ2n) is 5.37. The molecule has 0 aromatic heterocycles. The molecule has 2 nitrogen and oxygen atoms in total. The van der Waals surface area contributed by atoms with Gasteiger partial charge in [-0.1, -0.05) is 20.3 Å². The molecule has 2 aliphatic rings. The van der Waals surface area contributed by atoms with E-state index in [1.54, 1.807) is 0 Å². The van der Waals surface area contributed by atoms with Crippen LogP contribution in [0.4, 0.5) is 0 Å². The fraction of sp³-hybridized carbons (Fsp3) is 1.00. The molecule has 0 radical (unpaired) electrons. The average Bonchev–Trinajstić information content (AvgIpc) is 2.79. The van der Waals surface area contributed by atoms with Crippen LogP contribution < -0.4 is 5.32 Å². The van der Waals surface area contributed by atoms with Crippen LogP contribution in [0.3, 0.4) is 0 Å². The standard InChI is InChI=1S/C13H26N2/c1-4-6-12(5-2)15-9-11-7-14-8-13(11)10(15)3/h10-14H,4-9H2,1-3H3. The molecule has 2 fully saturated rings. The van der Waals surface area contributed by atoms with Crippen molar-refractivity contribution in [1.82, 2.24) is 10.2 Å². The lowest BCUT2D eigenvalue weighted by Gasteiger charge is -2.32. The Morgan fingerprint density at radius 2 is 2.13 bits per heavy atom. The number of nitrogens with one attached hydrogen (secondary N) is 1. The monoisotopic (exact) mass is 210 g/mol. The number of hydrogen-bond acceptors (Lipinski definition) is 2. The molecule has 0 bridgehead atoms. The number of fused-ring (bicyclic) bond motifs is 1. The molecular formula is C13H26N2. The Morgan fingerprint density at radius 1 is 1.33 bits per heavy atom. The van der Waals surface area contributed by atoms with Crippen LogP contribution in [-0.2, 0) is 0 Å². The van der Waals surface area contributed by atoms with Crippen LogP contribution in [0.2, 0.25) is 0 Å². The highest BCUT2D eigenvalue weighted by Gasteiger charge is 2.43. The molecule has 2 aliphatic heterocycles. The third kappa shape index (κ3) is 2.07. The van der Waals surface area contributed by atoms with E-state index in [0.29, 0.717) is 0 Å². The fourth-order valence-corrected chi connectivity index (χ4v) is 3.62. The van der Waals surface area contributed by atoms with Gasteiger partial charge in [-0.05, 0) is 44.7 Å². The predicted molar refractivity (Wildman–Crippen MR) is 65.0 cm³/mol. The van der Waals surface area contributed by atoms with E-state index in [4.69, 9.17) is 0 Å². The van der Waals surface area contributed by atoms with Crippen molar-refractivity contribution < 1.29 is 0 Å². The minimum Gasteiger partial charge on any atom is -0.316 e. The predicted octanol–water partition coefficient (Wildman–Crippen LogP) is 2.10. The third-order valence-corrected chi connectivity index (χ3v) is 4.54. The maximum atomic E-state index is 3.54. The van der Waals surface area contributed by atoms with E-state index in [1.165, 1.54) is 38.9 Å². The maximum absolute atomic E-state index is 3.54. The second kappa shape index (κ2) is 4.84. The summed E-state index contributed by atoms with van der Waals surface area (Å²) in [6, 6.07) is 1.65. The molecule has 2 heteroatoms. The Morgan fingerprint density at radius 3 is 2.73 bits per heavy atom. The second-order valence-corrected chi connectivity index (χ2v) is 5.37. The summed E-state index contributed by atoms with van der Waals surface area (Å²) in [6.45, 7) is 11.0. The number of rotatable bonds is 4. The van der Waals surface area contributed by atoms with Gasteiger partial charge in [-0.3, -0.25) is 4.90 Å². The zero-order valence-corrected chi connectivity index (χ0v) is 10.5. The van der Waals surface area contributed by atoms with Crippen molar-refractivity contribution in [1.29, 1.82) is 0 Å². The molecule has 2 rings (SSSR count). The van der Waals surface area contributed by atoms with Crippen LogP contribution in [0.5, 0.6) is 0 Å². The first-order chi connectivity index (χ1) is 7.27. The average molecular weight is 210 g/mol.